The second kappa shape index (κ2) is 5.96. The van der Waals surface area contributed by atoms with Crippen LogP contribution in [0.5, 0.6) is 0 Å². The third-order valence-electron chi connectivity index (χ3n) is 3.19. The zero-order valence-corrected chi connectivity index (χ0v) is 12.2. The molecule has 104 valence electrons. The number of aromatic nitrogens is 1. The lowest BCUT2D eigenvalue weighted by Crippen LogP contribution is -2.07. The van der Waals surface area contributed by atoms with Gasteiger partial charge in [0.05, 0.1) is 23.5 Å². The topological polar surface area (TPSA) is 48.0 Å². The minimum atomic E-state index is 0.0579. The van der Waals surface area contributed by atoms with Crippen molar-refractivity contribution in [3.63, 3.8) is 0 Å². The van der Waals surface area contributed by atoms with Gasteiger partial charge in [0.2, 0.25) is 0 Å². The molecule has 3 rings (SSSR count). The Kier molecular flexibility index (Phi) is 3.87. The Balaban J connectivity index is 1.97. The molecular formula is C17H14N2OS. The van der Waals surface area contributed by atoms with Crippen LogP contribution in [0.3, 0.4) is 0 Å². The number of rotatable bonds is 2. The quantitative estimate of drug-likeness (QED) is 0.738. The number of hydrogen-bond donors (Lipinski definition) is 1. The maximum Gasteiger partial charge on any atom is 0.189 e. The first-order valence-electron chi connectivity index (χ1n) is 6.64. The van der Waals surface area contributed by atoms with Crippen molar-refractivity contribution in [2.24, 2.45) is 5.73 Å². The summed E-state index contributed by atoms with van der Waals surface area (Å²) in [5, 5.41) is 0.750. The largest absolute Gasteiger partial charge is 0.342 e. The molecular weight excluding hydrogens is 280 g/mol. The number of para-hydroxylation sites is 1. The van der Waals surface area contributed by atoms with Gasteiger partial charge >= 0.3 is 0 Å². The zero-order chi connectivity index (χ0) is 14.7. The molecule has 0 aliphatic heterocycles. The normalized spacial score (nSPS) is 10.3. The summed E-state index contributed by atoms with van der Waals surface area (Å²) in [6, 6.07) is 13.4. The van der Waals surface area contributed by atoms with Crippen molar-refractivity contribution >= 4 is 22.2 Å². The van der Waals surface area contributed by atoms with Crippen LogP contribution in [0.4, 0.5) is 0 Å². The Morgan fingerprint density at radius 2 is 2.00 bits per heavy atom. The van der Waals surface area contributed by atoms with Crippen molar-refractivity contribution in [3.8, 4) is 11.8 Å². The molecule has 0 saturated carbocycles. The van der Waals surface area contributed by atoms with Crippen LogP contribution in [0, 0.1) is 11.8 Å². The van der Waals surface area contributed by atoms with E-state index in [2.05, 4.69) is 22.5 Å². The molecule has 2 N–H and O–H groups in total. The summed E-state index contributed by atoms with van der Waals surface area (Å²) in [5.41, 5.74) is 6.39. The summed E-state index contributed by atoms with van der Waals surface area (Å²) in [7, 11) is 0. The lowest BCUT2D eigenvalue weighted by atomic mass is 10.2. The average Bonchev–Trinajstić information content (AvgIpc) is 2.96. The lowest BCUT2D eigenvalue weighted by molar-refractivity contribution is 0.839. The second-order valence-corrected chi connectivity index (χ2v) is 5.77. The lowest BCUT2D eigenvalue weighted by Gasteiger charge is -2.09. The van der Waals surface area contributed by atoms with Crippen LogP contribution in [0.1, 0.15) is 9.75 Å². The Morgan fingerprint density at radius 1 is 1.14 bits per heavy atom. The molecule has 0 unspecified atom stereocenters. The minimum absolute atomic E-state index is 0.0579. The monoisotopic (exact) mass is 294 g/mol. The molecule has 0 radical (unpaired) electrons. The van der Waals surface area contributed by atoms with E-state index in [-0.39, 0.29) is 5.43 Å². The van der Waals surface area contributed by atoms with Gasteiger partial charge in [0, 0.05) is 22.5 Å². The summed E-state index contributed by atoms with van der Waals surface area (Å²) in [6.45, 7) is 1.10. The highest BCUT2D eigenvalue weighted by Crippen LogP contribution is 2.18. The van der Waals surface area contributed by atoms with Gasteiger partial charge in [0.25, 0.3) is 0 Å². The molecule has 3 nitrogen and oxygen atoms in total. The van der Waals surface area contributed by atoms with E-state index in [9.17, 15) is 4.79 Å². The molecule has 2 aromatic heterocycles. The fourth-order valence-corrected chi connectivity index (χ4v) is 3.12. The predicted molar refractivity (Wildman–Crippen MR) is 87.6 cm³/mol. The molecule has 21 heavy (non-hydrogen) atoms. The van der Waals surface area contributed by atoms with Crippen LogP contribution in [0.2, 0.25) is 0 Å². The third kappa shape index (κ3) is 2.89. The van der Waals surface area contributed by atoms with Gasteiger partial charge in [0.1, 0.15) is 0 Å². The number of fused-ring (bicyclic) bond motifs is 1. The molecule has 0 bridgehead atoms. The molecule has 2 heterocycles. The molecule has 0 fully saturated rings. The van der Waals surface area contributed by atoms with Gasteiger partial charge in [-0.15, -0.1) is 11.3 Å². The van der Waals surface area contributed by atoms with E-state index in [0.717, 1.165) is 22.3 Å². The predicted octanol–water partition coefficient (Wildman–Crippen LogP) is 2.42. The first kappa shape index (κ1) is 13.6. The highest BCUT2D eigenvalue weighted by atomic mass is 32.1. The van der Waals surface area contributed by atoms with Crippen molar-refractivity contribution in [2.45, 2.75) is 6.54 Å². The van der Waals surface area contributed by atoms with Gasteiger partial charge in [-0.05, 0) is 24.3 Å². The van der Waals surface area contributed by atoms with Crippen LogP contribution in [-0.2, 0) is 6.54 Å². The van der Waals surface area contributed by atoms with E-state index < -0.39 is 0 Å². The van der Waals surface area contributed by atoms with E-state index in [0.29, 0.717) is 6.54 Å². The van der Waals surface area contributed by atoms with Gasteiger partial charge in [-0.25, -0.2) is 0 Å². The maximum absolute atomic E-state index is 11.9. The Bertz CT molecular complexity index is 896. The number of thiophene rings is 1. The van der Waals surface area contributed by atoms with Crippen molar-refractivity contribution in [1.29, 1.82) is 0 Å². The molecule has 0 atom stereocenters. The number of hydrogen-bond acceptors (Lipinski definition) is 3. The Labute approximate surface area is 126 Å². The average molecular weight is 294 g/mol. The summed E-state index contributed by atoms with van der Waals surface area (Å²) < 4.78 is 2.09. The maximum atomic E-state index is 11.9. The number of nitrogens with two attached hydrogens (primary N) is 1. The first-order valence-corrected chi connectivity index (χ1v) is 7.45. The van der Waals surface area contributed by atoms with Crippen molar-refractivity contribution in [3.05, 3.63) is 68.6 Å². The van der Waals surface area contributed by atoms with Gasteiger partial charge in [0.15, 0.2) is 5.43 Å². The fourth-order valence-electron chi connectivity index (χ4n) is 2.23. The number of pyridine rings is 1. The van der Waals surface area contributed by atoms with E-state index in [1.807, 2.05) is 36.5 Å². The second-order valence-electron chi connectivity index (χ2n) is 4.60. The zero-order valence-electron chi connectivity index (χ0n) is 11.4. The van der Waals surface area contributed by atoms with Gasteiger partial charge in [-0.2, -0.15) is 0 Å². The smallest absolute Gasteiger partial charge is 0.189 e. The third-order valence-corrected chi connectivity index (χ3v) is 4.17. The molecule has 0 aliphatic carbocycles. The number of benzene rings is 1. The molecule has 0 amide bonds. The Hall–Kier alpha value is -2.35. The summed E-state index contributed by atoms with van der Waals surface area (Å²) >= 11 is 1.65. The van der Waals surface area contributed by atoms with Crippen LogP contribution >= 0.6 is 11.3 Å². The van der Waals surface area contributed by atoms with E-state index in [4.69, 9.17) is 5.73 Å². The number of nitrogens with zero attached hydrogens (tertiary/aromatic N) is 1. The molecule has 0 spiro atoms. The summed E-state index contributed by atoms with van der Waals surface area (Å²) in [6.07, 6.45) is 1.84. The molecule has 3 aromatic rings. The van der Waals surface area contributed by atoms with Crippen LogP contribution in [-0.4, -0.2) is 11.1 Å². The van der Waals surface area contributed by atoms with E-state index in [1.54, 1.807) is 17.4 Å². The van der Waals surface area contributed by atoms with Gasteiger partial charge in [-0.1, -0.05) is 24.0 Å². The standard InChI is InChI=1S/C17H14N2OS/c18-10-3-4-13-7-8-14(21-13)12-19-11-9-17(20)15-5-1-2-6-16(15)19/h1-2,5-9,11H,10,12,18H2. The van der Waals surface area contributed by atoms with Gasteiger partial charge in [-0.3, -0.25) is 4.79 Å². The fraction of sp³-hybridized carbons (Fsp3) is 0.118. The molecule has 4 heteroatoms. The van der Waals surface area contributed by atoms with Crippen molar-refractivity contribution in [2.75, 3.05) is 6.54 Å². The van der Waals surface area contributed by atoms with Crippen LogP contribution in [0.15, 0.2) is 53.5 Å². The van der Waals surface area contributed by atoms with Gasteiger partial charge < -0.3 is 10.3 Å². The van der Waals surface area contributed by atoms with Crippen molar-refractivity contribution in [1.82, 2.24) is 4.57 Å². The van der Waals surface area contributed by atoms with Crippen molar-refractivity contribution < 1.29 is 0 Å². The minimum Gasteiger partial charge on any atom is -0.342 e. The summed E-state index contributed by atoms with van der Waals surface area (Å²) in [5.74, 6) is 5.90. The molecule has 0 saturated heterocycles. The highest BCUT2D eigenvalue weighted by Gasteiger charge is 2.04. The molecule has 0 aliphatic rings. The highest BCUT2D eigenvalue weighted by molar-refractivity contribution is 7.12. The molecule has 1 aromatic carbocycles. The Morgan fingerprint density at radius 3 is 2.86 bits per heavy atom. The van der Waals surface area contributed by atoms with E-state index in [1.165, 1.54) is 4.88 Å². The summed E-state index contributed by atoms with van der Waals surface area (Å²) in [4.78, 5) is 14.1. The van der Waals surface area contributed by atoms with Crippen LogP contribution < -0.4 is 11.2 Å². The van der Waals surface area contributed by atoms with E-state index >= 15 is 0 Å². The SMILES string of the molecule is NCC#Cc1ccc(Cn2ccc(=O)c3ccccc32)s1. The van der Waals surface area contributed by atoms with Crippen LogP contribution in [0.25, 0.3) is 10.9 Å². The first-order chi connectivity index (χ1) is 10.3.